The third-order valence-electron chi connectivity index (χ3n) is 3.41. The van der Waals surface area contributed by atoms with Crippen molar-refractivity contribution in [2.24, 2.45) is 17.2 Å². The number of amides is 2. The van der Waals surface area contributed by atoms with Crippen LogP contribution in [-0.4, -0.2) is 62.9 Å². The number of aromatic nitrogens is 2. The van der Waals surface area contributed by atoms with Crippen LogP contribution in [0.5, 0.6) is 0 Å². The minimum absolute atomic E-state index is 0.0775. The molecule has 0 radical (unpaired) electrons. The highest BCUT2D eigenvalue weighted by atomic mass is 16.4. The van der Waals surface area contributed by atoms with Gasteiger partial charge in [0.2, 0.25) is 11.8 Å². The van der Waals surface area contributed by atoms with E-state index in [9.17, 15) is 14.4 Å². The highest BCUT2D eigenvalue weighted by molar-refractivity contribution is 6.02. The number of nitrogens with one attached hydrogen (secondary N) is 1. The van der Waals surface area contributed by atoms with E-state index < -0.39 is 36.4 Å². The van der Waals surface area contributed by atoms with Gasteiger partial charge in [-0.2, -0.15) is 0 Å². The Balaban J connectivity index is 2.76. The molecule has 1 aromatic rings. The topological polar surface area (TPSA) is 181 Å². The Bertz CT molecular complexity index is 547. The number of hydrogen-bond donors (Lipinski definition) is 5. The number of nitrogens with zero attached hydrogens (tertiary/aromatic N) is 2. The first kappa shape index (κ1) is 19.7. The van der Waals surface area contributed by atoms with Crippen molar-refractivity contribution in [2.75, 3.05) is 13.1 Å². The summed E-state index contributed by atoms with van der Waals surface area (Å²) in [6.07, 6.45) is 4.68. The molecule has 8 N–H and O–H groups in total. The Labute approximate surface area is 139 Å². The zero-order valence-corrected chi connectivity index (χ0v) is 13.4. The standard InChI is InChI=1S/C14H24N6O4/c15-4-2-1-3-10(16)13(23)20(7-12(21)22)14(24)11(17)5-9-6-18-8-19-9/h6,8,10-11H,1-5,7,15-17H2,(H,18,19)(H,21,22). The van der Waals surface area contributed by atoms with Gasteiger partial charge < -0.3 is 27.3 Å². The van der Waals surface area contributed by atoms with Crippen LogP contribution in [0.4, 0.5) is 0 Å². The van der Waals surface area contributed by atoms with Gasteiger partial charge in [0.1, 0.15) is 6.54 Å². The number of aliphatic carboxylic acids is 1. The molecule has 1 aromatic heterocycles. The Morgan fingerprint density at radius 2 is 1.88 bits per heavy atom. The van der Waals surface area contributed by atoms with E-state index >= 15 is 0 Å². The number of carbonyl (C=O) groups is 3. The molecule has 2 unspecified atom stereocenters. The molecule has 0 spiro atoms. The molecule has 0 aliphatic carbocycles. The second-order valence-corrected chi connectivity index (χ2v) is 5.42. The maximum absolute atomic E-state index is 12.4. The minimum Gasteiger partial charge on any atom is -0.480 e. The molecule has 24 heavy (non-hydrogen) atoms. The van der Waals surface area contributed by atoms with Gasteiger partial charge in [-0.15, -0.1) is 0 Å². The van der Waals surface area contributed by atoms with E-state index in [0.29, 0.717) is 36.4 Å². The van der Waals surface area contributed by atoms with Gasteiger partial charge in [0.05, 0.1) is 24.1 Å². The lowest BCUT2D eigenvalue weighted by Crippen LogP contribution is -2.54. The van der Waals surface area contributed by atoms with E-state index in [1.165, 1.54) is 6.33 Å². The lowest BCUT2D eigenvalue weighted by atomic mass is 10.1. The monoisotopic (exact) mass is 340 g/mol. The average molecular weight is 340 g/mol. The number of carboxylic acids is 1. The van der Waals surface area contributed by atoms with Crippen molar-refractivity contribution in [2.45, 2.75) is 37.8 Å². The molecule has 0 aliphatic rings. The summed E-state index contributed by atoms with van der Waals surface area (Å²) in [5.74, 6) is -2.87. The van der Waals surface area contributed by atoms with Crippen molar-refractivity contribution in [3.8, 4) is 0 Å². The van der Waals surface area contributed by atoms with Crippen molar-refractivity contribution in [3.63, 3.8) is 0 Å². The van der Waals surface area contributed by atoms with Crippen LogP contribution >= 0.6 is 0 Å². The smallest absolute Gasteiger partial charge is 0.323 e. The van der Waals surface area contributed by atoms with E-state index in [2.05, 4.69) is 9.97 Å². The summed E-state index contributed by atoms with van der Waals surface area (Å²) >= 11 is 0. The van der Waals surface area contributed by atoms with Gasteiger partial charge in [0.15, 0.2) is 0 Å². The van der Waals surface area contributed by atoms with Crippen LogP contribution in [0.1, 0.15) is 25.0 Å². The van der Waals surface area contributed by atoms with Crippen molar-refractivity contribution >= 4 is 17.8 Å². The summed E-state index contributed by atoms with van der Waals surface area (Å²) in [5.41, 5.74) is 17.5. The van der Waals surface area contributed by atoms with Crippen LogP contribution in [0.25, 0.3) is 0 Å². The second-order valence-electron chi connectivity index (χ2n) is 5.42. The lowest BCUT2D eigenvalue weighted by Gasteiger charge is -2.25. The van der Waals surface area contributed by atoms with Gasteiger partial charge in [-0.25, -0.2) is 4.98 Å². The molecule has 10 heteroatoms. The number of H-pyrrole nitrogens is 1. The number of unbranched alkanes of at least 4 members (excludes halogenated alkanes) is 1. The molecule has 134 valence electrons. The Morgan fingerprint density at radius 1 is 1.21 bits per heavy atom. The molecular formula is C14H24N6O4. The molecule has 1 rings (SSSR count). The molecule has 0 fully saturated rings. The van der Waals surface area contributed by atoms with Crippen molar-refractivity contribution in [1.29, 1.82) is 0 Å². The zero-order chi connectivity index (χ0) is 18.1. The summed E-state index contributed by atoms with van der Waals surface area (Å²) in [6.45, 7) is -0.316. The SMILES string of the molecule is NCCCCC(N)C(=O)N(CC(=O)O)C(=O)C(N)Cc1c[nH]cn1. The van der Waals surface area contributed by atoms with E-state index in [1.54, 1.807) is 6.20 Å². The van der Waals surface area contributed by atoms with Gasteiger partial charge in [-0.05, 0) is 19.4 Å². The first-order valence-corrected chi connectivity index (χ1v) is 7.62. The number of carbonyl (C=O) groups excluding carboxylic acids is 2. The molecule has 2 atom stereocenters. The fourth-order valence-electron chi connectivity index (χ4n) is 2.15. The lowest BCUT2D eigenvalue weighted by molar-refractivity contribution is -0.153. The largest absolute Gasteiger partial charge is 0.480 e. The van der Waals surface area contributed by atoms with Gasteiger partial charge in [0.25, 0.3) is 0 Å². The normalized spacial score (nSPS) is 13.3. The van der Waals surface area contributed by atoms with E-state index in [4.69, 9.17) is 22.3 Å². The van der Waals surface area contributed by atoms with E-state index in [0.717, 1.165) is 0 Å². The third-order valence-corrected chi connectivity index (χ3v) is 3.41. The molecule has 10 nitrogen and oxygen atoms in total. The van der Waals surface area contributed by atoms with Crippen molar-refractivity contribution in [1.82, 2.24) is 14.9 Å². The van der Waals surface area contributed by atoms with Crippen LogP contribution in [-0.2, 0) is 20.8 Å². The highest BCUT2D eigenvalue weighted by Crippen LogP contribution is 2.07. The Morgan fingerprint density at radius 3 is 2.42 bits per heavy atom. The fourth-order valence-corrected chi connectivity index (χ4v) is 2.15. The molecule has 0 aliphatic heterocycles. The number of hydrogen-bond acceptors (Lipinski definition) is 7. The fraction of sp³-hybridized carbons (Fsp3) is 0.571. The summed E-state index contributed by atoms with van der Waals surface area (Å²) < 4.78 is 0. The van der Waals surface area contributed by atoms with Gasteiger partial charge >= 0.3 is 5.97 Å². The van der Waals surface area contributed by atoms with Crippen LogP contribution < -0.4 is 17.2 Å². The van der Waals surface area contributed by atoms with Crippen LogP contribution in [0.3, 0.4) is 0 Å². The number of rotatable bonds is 10. The minimum atomic E-state index is -1.32. The molecule has 0 saturated carbocycles. The molecule has 1 heterocycles. The summed E-state index contributed by atoms with van der Waals surface area (Å²) in [7, 11) is 0. The van der Waals surface area contributed by atoms with Crippen molar-refractivity contribution in [3.05, 3.63) is 18.2 Å². The molecule has 0 saturated heterocycles. The van der Waals surface area contributed by atoms with Gasteiger partial charge in [-0.1, -0.05) is 6.42 Å². The number of imidazole rings is 1. The number of aromatic amines is 1. The molecule has 0 aromatic carbocycles. The Hall–Kier alpha value is -2.30. The van der Waals surface area contributed by atoms with Gasteiger partial charge in [0, 0.05) is 12.6 Å². The van der Waals surface area contributed by atoms with E-state index in [1.807, 2.05) is 0 Å². The van der Waals surface area contributed by atoms with Crippen LogP contribution in [0.2, 0.25) is 0 Å². The first-order chi connectivity index (χ1) is 11.4. The third kappa shape index (κ3) is 6.07. The quantitative estimate of drug-likeness (QED) is 0.308. The number of carboxylic acid groups (broad SMARTS) is 1. The van der Waals surface area contributed by atoms with Crippen LogP contribution in [0.15, 0.2) is 12.5 Å². The van der Waals surface area contributed by atoms with Crippen LogP contribution in [0, 0.1) is 0 Å². The number of imide groups is 1. The first-order valence-electron chi connectivity index (χ1n) is 7.62. The Kier molecular flexibility index (Phi) is 8.02. The highest BCUT2D eigenvalue weighted by Gasteiger charge is 2.31. The number of nitrogens with two attached hydrogens (primary N) is 3. The van der Waals surface area contributed by atoms with Gasteiger partial charge in [-0.3, -0.25) is 19.3 Å². The molecular weight excluding hydrogens is 316 g/mol. The molecule has 0 bridgehead atoms. The molecule has 2 amide bonds. The summed E-state index contributed by atoms with van der Waals surface area (Å²) in [6, 6.07) is -2.06. The second kappa shape index (κ2) is 9.75. The van der Waals surface area contributed by atoms with E-state index in [-0.39, 0.29) is 6.42 Å². The zero-order valence-electron chi connectivity index (χ0n) is 13.4. The summed E-state index contributed by atoms with van der Waals surface area (Å²) in [4.78, 5) is 43.0. The van der Waals surface area contributed by atoms with Crippen molar-refractivity contribution < 1.29 is 19.5 Å². The predicted molar refractivity (Wildman–Crippen MR) is 85.5 cm³/mol. The summed E-state index contributed by atoms with van der Waals surface area (Å²) in [5, 5.41) is 8.95. The average Bonchev–Trinajstić information content (AvgIpc) is 3.04. The predicted octanol–water partition coefficient (Wildman–Crippen LogP) is -1.82. The maximum Gasteiger partial charge on any atom is 0.323 e. The maximum atomic E-state index is 12.4.